The third-order valence-electron chi connectivity index (χ3n) is 8.40. The van der Waals surface area contributed by atoms with Crippen LogP contribution in [0.5, 0.6) is 5.75 Å². The summed E-state index contributed by atoms with van der Waals surface area (Å²) in [7, 11) is 3.50. The predicted octanol–water partition coefficient (Wildman–Crippen LogP) is 4.13. The molecule has 0 unspecified atom stereocenters. The molecule has 3 fully saturated rings. The van der Waals surface area contributed by atoms with E-state index in [2.05, 4.69) is 31.2 Å². The maximum absolute atomic E-state index is 14.6. The SMILES string of the molecule is COc1cc(N2CCC(N3CCN(C)C(=O)C3)CC2)ccc1Nc1cc(N2OCC[C@@H]2c2cccc(F)c2F)ncn1. The van der Waals surface area contributed by atoms with Gasteiger partial charge in [-0.25, -0.2) is 23.8 Å². The lowest BCUT2D eigenvalue weighted by Gasteiger charge is -2.42. The average molecular weight is 580 g/mol. The molecule has 0 radical (unpaired) electrons. The van der Waals surface area contributed by atoms with Crippen molar-refractivity contribution in [3.63, 3.8) is 0 Å². The molecule has 1 N–H and O–H groups in total. The fourth-order valence-electron chi connectivity index (χ4n) is 5.99. The van der Waals surface area contributed by atoms with E-state index in [0.717, 1.165) is 56.5 Å². The zero-order chi connectivity index (χ0) is 29.2. The molecule has 4 heterocycles. The molecular weight excluding hydrogens is 544 g/mol. The number of carbonyl (C=O) groups is 1. The Labute approximate surface area is 243 Å². The average Bonchev–Trinajstić information content (AvgIpc) is 3.50. The number of halogens is 2. The summed E-state index contributed by atoms with van der Waals surface area (Å²) in [6.07, 6.45) is 3.90. The predicted molar refractivity (Wildman–Crippen MR) is 155 cm³/mol. The Morgan fingerprint density at radius 3 is 2.64 bits per heavy atom. The lowest BCUT2D eigenvalue weighted by Crippen LogP contribution is -2.54. The number of ether oxygens (including phenoxy) is 1. The highest BCUT2D eigenvalue weighted by Crippen LogP contribution is 2.37. The fraction of sp³-hybridized carbons (Fsp3) is 0.433. The summed E-state index contributed by atoms with van der Waals surface area (Å²) in [5.74, 6) is 0.0172. The van der Waals surface area contributed by atoms with Gasteiger partial charge < -0.3 is 19.9 Å². The standard InChI is InChI=1S/C30H35F2N7O3/c1-36-13-14-38(18-29(36)40)20-8-11-37(12-9-20)21-6-7-24(26(16-21)41-2)35-27-17-28(34-19-33-27)39-25(10-15-42-39)22-4-3-5-23(31)30(22)32/h3-7,16-17,19-20,25H,8-15,18H2,1-2H3,(H,33,34,35)/t25-/m1/s1. The molecule has 12 heteroatoms. The molecule has 2 aromatic carbocycles. The van der Waals surface area contributed by atoms with Gasteiger partial charge in [0.15, 0.2) is 17.5 Å². The number of piperidine rings is 1. The van der Waals surface area contributed by atoms with Crippen LogP contribution in [-0.2, 0) is 9.63 Å². The van der Waals surface area contributed by atoms with Gasteiger partial charge in [-0.3, -0.25) is 14.5 Å². The first-order chi connectivity index (χ1) is 20.4. The van der Waals surface area contributed by atoms with Crippen molar-refractivity contribution in [1.82, 2.24) is 19.8 Å². The quantitative estimate of drug-likeness (QED) is 0.444. The van der Waals surface area contributed by atoms with Crippen LogP contribution in [0.15, 0.2) is 48.8 Å². The third kappa shape index (κ3) is 5.68. The number of rotatable bonds is 7. The number of likely N-dealkylation sites (N-methyl/N-ethyl adjacent to an activating group) is 1. The number of nitrogens with zero attached hydrogens (tertiary/aromatic N) is 6. The summed E-state index contributed by atoms with van der Waals surface area (Å²) >= 11 is 0. The van der Waals surface area contributed by atoms with Crippen molar-refractivity contribution in [2.45, 2.75) is 31.3 Å². The number of nitrogens with one attached hydrogen (secondary N) is 1. The minimum Gasteiger partial charge on any atom is -0.494 e. The number of aromatic nitrogens is 2. The molecule has 0 spiro atoms. The summed E-state index contributed by atoms with van der Waals surface area (Å²) in [4.78, 5) is 33.1. The Hall–Kier alpha value is -4.03. The van der Waals surface area contributed by atoms with Crippen molar-refractivity contribution in [1.29, 1.82) is 0 Å². The zero-order valence-corrected chi connectivity index (χ0v) is 23.8. The van der Waals surface area contributed by atoms with Gasteiger partial charge in [0.05, 0.1) is 32.0 Å². The van der Waals surface area contributed by atoms with Crippen molar-refractivity contribution in [3.05, 3.63) is 66.0 Å². The lowest BCUT2D eigenvalue weighted by atomic mass is 10.0. The number of hydrogen-bond donors (Lipinski definition) is 1. The molecule has 10 nitrogen and oxygen atoms in total. The number of piperazine rings is 1. The summed E-state index contributed by atoms with van der Waals surface area (Å²) < 4.78 is 34.2. The van der Waals surface area contributed by atoms with Gasteiger partial charge in [-0.2, -0.15) is 0 Å². The van der Waals surface area contributed by atoms with E-state index in [1.54, 1.807) is 24.1 Å². The van der Waals surface area contributed by atoms with Gasteiger partial charge in [-0.15, -0.1) is 0 Å². The van der Waals surface area contributed by atoms with Gasteiger partial charge >= 0.3 is 0 Å². The summed E-state index contributed by atoms with van der Waals surface area (Å²) in [5, 5.41) is 4.80. The molecule has 0 bridgehead atoms. The van der Waals surface area contributed by atoms with Crippen LogP contribution in [0.3, 0.4) is 0 Å². The number of benzene rings is 2. The molecular formula is C30H35F2N7O3. The normalized spacial score (nSPS) is 20.3. The molecule has 6 rings (SSSR count). The number of amides is 1. The van der Waals surface area contributed by atoms with E-state index in [0.29, 0.717) is 43.0 Å². The summed E-state index contributed by atoms with van der Waals surface area (Å²) in [6, 6.07) is 11.8. The van der Waals surface area contributed by atoms with E-state index in [1.165, 1.54) is 17.5 Å². The first-order valence-electron chi connectivity index (χ1n) is 14.3. The Balaban J connectivity index is 1.13. The molecule has 0 saturated carbocycles. The number of carbonyl (C=O) groups excluding carboxylic acids is 1. The second-order valence-corrected chi connectivity index (χ2v) is 10.9. The molecule has 3 saturated heterocycles. The Morgan fingerprint density at radius 1 is 1.02 bits per heavy atom. The first kappa shape index (κ1) is 28.1. The molecule has 3 aliphatic rings. The van der Waals surface area contributed by atoms with Crippen molar-refractivity contribution < 1.29 is 23.1 Å². The van der Waals surface area contributed by atoms with Crippen LogP contribution >= 0.6 is 0 Å². The molecule has 1 amide bonds. The lowest BCUT2D eigenvalue weighted by molar-refractivity contribution is -0.135. The summed E-state index contributed by atoms with van der Waals surface area (Å²) in [5.41, 5.74) is 2.02. The monoisotopic (exact) mass is 579 g/mol. The molecule has 42 heavy (non-hydrogen) atoms. The van der Waals surface area contributed by atoms with Gasteiger partial charge in [0.1, 0.15) is 17.9 Å². The molecule has 1 atom stereocenters. The van der Waals surface area contributed by atoms with Crippen LogP contribution in [-0.4, -0.2) is 85.2 Å². The second kappa shape index (κ2) is 12.1. The minimum absolute atomic E-state index is 0.195. The van der Waals surface area contributed by atoms with Crippen molar-refractivity contribution in [3.8, 4) is 5.75 Å². The highest BCUT2D eigenvalue weighted by molar-refractivity contribution is 5.78. The van der Waals surface area contributed by atoms with Crippen molar-refractivity contribution >= 4 is 28.9 Å². The van der Waals surface area contributed by atoms with Gasteiger partial charge in [0.25, 0.3) is 0 Å². The van der Waals surface area contributed by atoms with E-state index >= 15 is 0 Å². The van der Waals surface area contributed by atoms with E-state index in [-0.39, 0.29) is 11.5 Å². The molecule has 3 aromatic rings. The smallest absolute Gasteiger partial charge is 0.236 e. The van der Waals surface area contributed by atoms with Crippen LogP contribution in [0.4, 0.5) is 31.8 Å². The maximum Gasteiger partial charge on any atom is 0.236 e. The van der Waals surface area contributed by atoms with Crippen LogP contribution in [0.1, 0.15) is 30.9 Å². The minimum atomic E-state index is -0.893. The Bertz CT molecular complexity index is 1440. The van der Waals surface area contributed by atoms with Crippen LogP contribution in [0, 0.1) is 11.6 Å². The first-order valence-corrected chi connectivity index (χ1v) is 14.3. The van der Waals surface area contributed by atoms with E-state index in [4.69, 9.17) is 9.57 Å². The van der Waals surface area contributed by atoms with Crippen molar-refractivity contribution in [2.24, 2.45) is 0 Å². The molecule has 1 aromatic heterocycles. The fourth-order valence-corrected chi connectivity index (χ4v) is 5.99. The topological polar surface area (TPSA) is 86.3 Å². The molecule has 0 aliphatic carbocycles. The highest BCUT2D eigenvalue weighted by atomic mass is 19.2. The number of hydrogen-bond acceptors (Lipinski definition) is 9. The van der Waals surface area contributed by atoms with Crippen molar-refractivity contribution in [2.75, 3.05) is 68.8 Å². The van der Waals surface area contributed by atoms with Gasteiger partial charge in [-0.05, 0) is 31.0 Å². The van der Waals surface area contributed by atoms with Crippen LogP contribution in [0.25, 0.3) is 0 Å². The van der Waals surface area contributed by atoms with E-state index in [9.17, 15) is 13.6 Å². The van der Waals surface area contributed by atoms with Gasteiger partial charge in [-0.1, -0.05) is 12.1 Å². The zero-order valence-electron chi connectivity index (χ0n) is 23.8. The summed E-state index contributed by atoms with van der Waals surface area (Å²) in [6.45, 7) is 4.38. The molecule has 3 aliphatic heterocycles. The Kier molecular flexibility index (Phi) is 8.07. The second-order valence-electron chi connectivity index (χ2n) is 10.9. The third-order valence-corrected chi connectivity index (χ3v) is 8.40. The van der Waals surface area contributed by atoms with Crippen LogP contribution in [0.2, 0.25) is 0 Å². The number of hydroxylamine groups is 1. The van der Waals surface area contributed by atoms with E-state index in [1.807, 2.05) is 19.2 Å². The number of methoxy groups -OCH3 is 1. The van der Waals surface area contributed by atoms with Crippen LogP contribution < -0.4 is 20.0 Å². The van der Waals surface area contributed by atoms with E-state index < -0.39 is 17.7 Å². The Morgan fingerprint density at radius 2 is 1.86 bits per heavy atom. The van der Waals surface area contributed by atoms with Gasteiger partial charge in [0.2, 0.25) is 5.91 Å². The maximum atomic E-state index is 14.6. The largest absolute Gasteiger partial charge is 0.494 e. The van der Waals surface area contributed by atoms with Gasteiger partial charge in [0, 0.05) is 69.1 Å². The number of anilines is 4. The molecule has 222 valence electrons. The highest BCUT2D eigenvalue weighted by Gasteiger charge is 2.32.